The molecule has 1 atom stereocenters. The van der Waals surface area contributed by atoms with E-state index in [9.17, 15) is 4.79 Å². The van der Waals surface area contributed by atoms with Gasteiger partial charge >= 0.3 is 5.97 Å². The Bertz CT molecular complexity index is 392. The predicted molar refractivity (Wildman–Crippen MR) is 152 cm³/mol. The van der Waals surface area contributed by atoms with Gasteiger partial charge in [0.2, 0.25) is 0 Å². The zero-order valence-electron chi connectivity index (χ0n) is 24.0. The topological polar surface area (TPSA) is 26.3 Å². The zero-order valence-corrected chi connectivity index (χ0v) is 24.0. The van der Waals surface area contributed by atoms with Crippen molar-refractivity contribution in [1.82, 2.24) is 0 Å². The van der Waals surface area contributed by atoms with E-state index in [0.717, 1.165) is 12.8 Å². The van der Waals surface area contributed by atoms with Gasteiger partial charge in [-0.15, -0.1) is 0 Å². The largest absolute Gasteiger partial charge is 0.463 e. The molecule has 2 nitrogen and oxygen atoms in total. The molecule has 0 heterocycles. The van der Waals surface area contributed by atoms with E-state index in [0.29, 0.717) is 6.42 Å². The van der Waals surface area contributed by atoms with Crippen molar-refractivity contribution in [2.24, 2.45) is 0 Å². The van der Waals surface area contributed by atoms with Crippen molar-refractivity contribution in [2.75, 3.05) is 0 Å². The third-order valence-corrected chi connectivity index (χ3v) is 7.28. The fraction of sp³-hybridized carbons (Fsp3) is 0.969. The fourth-order valence-corrected chi connectivity index (χ4v) is 4.90. The predicted octanol–water partition coefficient (Wildman–Crippen LogP) is 11.5. The third-order valence-electron chi connectivity index (χ3n) is 7.28. The van der Waals surface area contributed by atoms with Crippen LogP contribution < -0.4 is 0 Å². The lowest BCUT2D eigenvalue weighted by atomic mass is 10.0. The Kier molecular flexibility index (Phi) is 28.3. The van der Waals surface area contributed by atoms with E-state index in [-0.39, 0.29) is 12.1 Å². The van der Waals surface area contributed by atoms with Gasteiger partial charge in [0.1, 0.15) is 0 Å². The molecule has 0 aromatic rings. The summed E-state index contributed by atoms with van der Waals surface area (Å²) in [7, 11) is 0. The highest BCUT2D eigenvalue weighted by Gasteiger charge is 2.09. The molecule has 0 bridgehead atoms. The van der Waals surface area contributed by atoms with Crippen LogP contribution in [-0.4, -0.2) is 12.1 Å². The highest BCUT2D eigenvalue weighted by Crippen LogP contribution is 2.15. The van der Waals surface area contributed by atoms with Gasteiger partial charge in [-0.1, -0.05) is 162 Å². The first kappa shape index (κ1) is 33.5. The van der Waals surface area contributed by atoms with Crippen LogP contribution in [0.15, 0.2) is 0 Å². The van der Waals surface area contributed by atoms with Crippen LogP contribution in [0.25, 0.3) is 0 Å². The lowest BCUT2D eigenvalue weighted by Gasteiger charge is -2.13. The Morgan fingerprint density at radius 3 is 1.12 bits per heavy atom. The normalized spacial score (nSPS) is 12.2. The molecule has 0 N–H and O–H groups in total. The van der Waals surface area contributed by atoms with Crippen LogP contribution in [-0.2, 0) is 9.53 Å². The molecule has 0 aliphatic heterocycles. The number of hydrogen-bond acceptors (Lipinski definition) is 2. The second-order valence-corrected chi connectivity index (χ2v) is 11.0. The summed E-state index contributed by atoms with van der Waals surface area (Å²) in [4.78, 5) is 12.0. The van der Waals surface area contributed by atoms with Gasteiger partial charge in [-0.2, -0.15) is 0 Å². The van der Waals surface area contributed by atoms with Gasteiger partial charge in [-0.3, -0.25) is 4.79 Å². The fourth-order valence-electron chi connectivity index (χ4n) is 4.90. The minimum Gasteiger partial charge on any atom is -0.463 e. The molecule has 34 heavy (non-hydrogen) atoms. The van der Waals surface area contributed by atoms with E-state index < -0.39 is 0 Å². The molecule has 0 aliphatic rings. The van der Waals surface area contributed by atoms with Gasteiger partial charge in [0.15, 0.2) is 0 Å². The number of hydrogen-bond donors (Lipinski definition) is 0. The first-order chi connectivity index (χ1) is 16.7. The van der Waals surface area contributed by atoms with E-state index in [2.05, 4.69) is 20.8 Å². The lowest BCUT2D eigenvalue weighted by molar-refractivity contribution is -0.148. The van der Waals surface area contributed by atoms with Crippen molar-refractivity contribution in [3.05, 3.63) is 0 Å². The molecule has 0 saturated heterocycles. The summed E-state index contributed by atoms with van der Waals surface area (Å²) in [5.74, 6) is 0.0189. The molecule has 0 radical (unpaired) electrons. The maximum absolute atomic E-state index is 12.0. The molecule has 2 heteroatoms. The highest BCUT2D eigenvalue weighted by molar-refractivity contribution is 5.69. The molecule has 0 aromatic heterocycles. The minimum absolute atomic E-state index is 0.0189. The van der Waals surface area contributed by atoms with E-state index in [4.69, 9.17) is 4.74 Å². The quantitative estimate of drug-likeness (QED) is 0.0821. The molecule has 0 amide bonds. The van der Waals surface area contributed by atoms with Crippen molar-refractivity contribution in [3.63, 3.8) is 0 Å². The van der Waals surface area contributed by atoms with Crippen LogP contribution in [0.1, 0.15) is 194 Å². The number of esters is 1. The van der Waals surface area contributed by atoms with E-state index in [1.807, 2.05) is 0 Å². The van der Waals surface area contributed by atoms with Gasteiger partial charge in [0, 0.05) is 6.42 Å². The van der Waals surface area contributed by atoms with Crippen molar-refractivity contribution < 1.29 is 9.53 Å². The number of rotatable bonds is 28. The molecular formula is C32H64O2. The Balaban J connectivity index is 3.22. The highest BCUT2D eigenvalue weighted by atomic mass is 16.5. The van der Waals surface area contributed by atoms with Gasteiger partial charge in [0.25, 0.3) is 0 Å². The maximum Gasteiger partial charge on any atom is 0.306 e. The van der Waals surface area contributed by atoms with Gasteiger partial charge in [0.05, 0.1) is 6.10 Å². The summed E-state index contributed by atoms with van der Waals surface area (Å²) in [5.41, 5.74) is 0. The minimum atomic E-state index is 0.0189. The second-order valence-electron chi connectivity index (χ2n) is 11.0. The molecule has 1 unspecified atom stereocenters. The van der Waals surface area contributed by atoms with Crippen molar-refractivity contribution in [2.45, 2.75) is 200 Å². The van der Waals surface area contributed by atoms with Gasteiger partial charge in [-0.05, 0) is 26.2 Å². The Morgan fingerprint density at radius 1 is 0.471 bits per heavy atom. The van der Waals surface area contributed by atoms with Gasteiger partial charge in [-0.25, -0.2) is 0 Å². The van der Waals surface area contributed by atoms with Crippen LogP contribution in [0.5, 0.6) is 0 Å². The molecule has 0 aromatic carbocycles. The molecule has 0 saturated carbocycles. The third kappa shape index (κ3) is 27.7. The summed E-state index contributed by atoms with van der Waals surface area (Å²) >= 11 is 0. The van der Waals surface area contributed by atoms with Crippen LogP contribution in [0, 0.1) is 0 Å². The summed E-state index contributed by atoms with van der Waals surface area (Å²) in [6.07, 6.45) is 35.8. The van der Waals surface area contributed by atoms with Crippen molar-refractivity contribution in [3.8, 4) is 0 Å². The first-order valence-corrected chi connectivity index (χ1v) is 15.9. The maximum atomic E-state index is 12.0. The first-order valence-electron chi connectivity index (χ1n) is 15.9. The molecule has 204 valence electrons. The number of unbranched alkanes of at least 4 members (excludes halogenated alkanes) is 23. The summed E-state index contributed by atoms with van der Waals surface area (Å²) in [5, 5.41) is 0. The van der Waals surface area contributed by atoms with Crippen LogP contribution >= 0.6 is 0 Å². The van der Waals surface area contributed by atoms with E-state index in [1.54, 1.807) is 0 Å². The van der Waals surface area contributed by atoms with E-state index >= 15 is 0 Å². The van der Waals surface area contributed by atoms with Crippen LogP contribution in [0.4, 0.5) is 0 Å². The zero-order chi connectivity index (χ0) is 25.0. The van der Waals surface area contributed by atoms with Crippen LogP contribution in [0.3, 0.4) is 0 Å². The molecular weight excluding hydrogens is 416 g/mol. The monoisotopic (exact) mass is 480 g/mol. The molecule has 0 fully saturated rings. The summed E-state index contributed by atoms with van der Waals surface area (Å²) in [6.45, 7) is 6.60. The summed E-state index contributed by atoms with van der Waals surface area (Å²) < 4.78 is 5.58. The average molecular weight is 481 g/mol. The lowest BCUT2D eigenvalue weighted by Crippen LogP contribution is -2.14. The standard InChI is InChI=1S/C32H64O2/c1-4-6-8-10-12-13-14-15-16-17-18-19-20-21-22-23-24-26-28-30-32(33)34-31(3)29-27-25-11-9-7-5-2/h31H,4-30H2,1-3H3. The van der Waals surface area contributed by atoms with Crippen molar-refractivity contribution in [1.29, 1.82) is 0 Å². The number of carbonyl (C=O) groups excluding carboxylic acids is 1. The second kappa shape index (κ2) is 28.7. The Hall–Kier alpha value is -0.530. The average Bonchev–Trinajstić information content (AvgIpc) is 2.82. The number of carbonyl (C=O) groups is 1. The summed E-state index contributed by atoms with van der Waals surface area (Å²) in [6, 6.07) is 0. The Labute approximate surface area is 215 Å². The van der Waals surface area contributed by atoms with Crippen LogP contribution in [0.2, 0.25) is 0 Å². The van der Waals surface area contributed by atoms with Gasteiger partial charge < -0.3 is 4.74 Å². The molecule has 0 spiro atoms. The van der Waals surface area contributed by atoms with Crippen molar-refractivity contribution >= 4 is 5.97 Å². The number of ether oxygens (including phenoxy) is 1. The smallest absolute Gasteiger partial charge is 0.306 e. The Morgan fingerprint density at radius 2 is 0.765 bits per heavy atom. The molecule has 0 aliphatic carbocycles. The molecule has 0 rings (SSSR count). The SMILES string of the molecule is CCCCCCCCCCCCCCCCCCCCCC(=O)OC(C)CCCCCCCC. The van der Waals surface area contributed by atoms with E-state index in [1.165, 1.54) is 154 Å².